The smallest absolute Gasteiger partial charge is 0.347 e. The summed E-state index contributed by atoms with van der Waals surface area (Å²) < 4.78 is 9.72. The molecular weight excluding hydrogens is 220 g/mol. The molecule has 0 unspecified atom stereocenters. The highest BCUT2D eigenvalue weighted by atomic mass is 16.6. The van der Waals surface area contributed by atoms with Crippen molar-refractivity contribution in [3.05, 3.63) is 35.4 Å². The molecule has 0 bridgehead atoms. The largest absolute Gasteiger partial charge is 0.463 e. The summed E-state index contributed by atoms with van der Waals surface area (Å²) in [4.78, 5) is 22.9. The van der Waals surface area contributed by atoms with Crippen LogP contribution in [0.25, 0.3) is 0 Å². The lowest BCUT2D eigenvalue weighted by Gasteiger charge is -2.11. The standard InChI is InChI=1S/C13H16O4/c1-4-16-12(14)10(3)17-13(15)11-7-5-9(2)6-8-11/h5-8,10H,4H2,1-3H3/t10-/m1/s1. The van der Waals surface area contributed by atoms with Gasteiger partial charge in [0.25, 0.3) is 0 Å². The van der Waals surface area contributed by atoms with Gasteiger partial charge in [-0.1, -0.05) is 17.7 Å². The summed E-state index contributed by atoms with van der Waals surface area (Å²) in [6.07, 6.45) is -0.885. The Bertz CT molecular complexity index is 394. The molecule has 0 aromatic heterocycles. The first-order valence-corrected chi connectivity index (χ1v) is 5.49. The summed E-state index contributed by atoms with van der Waals surface area (Å²) >= 11 is 0. The number of benzene rings is 1. The minimum atomic E-state index is -0.885. The predicted molar refractivity (Wildman–Crippen MR) is 62.7 cm³/mol. The Morgan fingerprint density at radius 2 is 1.82 bits per heavy atom. The Balaban J connectivity index is 2.60. The van der Waals surface area contributed by atoms with E-state index < -0.39 is 18.0 Å². The second-order valence-electron chi connectivity index (χ2n) is 3.67. The van der Waals surface area contributed by atoms with Crippen molar-refractivity contribution in [1.29, 1.82) is 0 Å². The third-order valence-electron chi connectivity index (χ3n) is 2.19. The van der Waals surface area contributed by atoms with E-state index in [1.165, 1.54) is 6.92 Å². The molecule has 17 heavy (non-hydrogen) atoms. The van der Waals surface area contributed by atoms with Crippen LogP contribution in [0.2, 0.25) is 0 Å². The number of hydrogen-bond donors (Lipinski definition) is 0. The summed E-state index contributed by atoms with van der Waals surface area (Å²) in [6.45, 7) is 5.39. The van der Waals surface area contributed by atoms with Gasteiger partial charge in [0.15, 0.2) is 6.10 Å². The summed E-state index contributed by atoms with van der Waals surface area (Å²) in [5.74, 6) is -1.06. The van der Waals surface area contributed by atoms with Crippen LogP contribution >= 0.6 is 0 Å². The van der Waals surface area contributed by atoms with E-state index in [1.54, 1.807) is 19.1 Å². The maximum Gasteiger partial charge on any atom is 0.347 e. The van der Waals surface area contributed by atoms with Gasteiger partial charge < -0.3 is 9.47 Å². The van der Waals surface area contributed by atoms with E-state index in [0.717, 1.165) is 5.56 Å². The number of rotatable bonds is 4. The summed E-state index contributed by atoms with van der Waals surface area (Å²) in [7, 11) is 0. The van der Waals surface area contributed by atoms with E-state index in [4.69, 9.17) is 9.47 Å². The van der Waals surface area contributed by atoms with Crippen LogP contribution in [0.5, 0.6) is 0 Å². The van der Waals surface area contributed by atoms with E-state index in [0.29, 0.717) is 5.56 Å². The molecule has 0 spiro atoms. The van der Waals surface area contributed by atoms with Gasteiger partial charge in [0.2, 0.25) is 0 Å². The van der Waals surface area contributed by atoms with Gasteiger partial charge in [-0.05, 0) is 32.9 Å². The molecule has 1 aromatic rings. The molecule has 4 nitrogen and oxygen atoms in total. The number of carbonyl (C=O) groups is 2. The van der Waals surface area contributed by atoms with Crippen molar-refractivity contribution in [1.82, 2.24) is 0 Å². The average Bonchev–Trinajstić information content (AvgIpc) is 2.30. The third kappa shape index (κ3) is 3.90. The molecule has 1 atom stereocenters. The fourth-order valence-corrected chi connectivity index (χ4v) is 1.23. The highest BCUT2D eigenvalue weighted by Gasteiger charge is 2.19. The molecule has 0 aliphatic rings. The molecule has 0 amide bonds. The van der Waals surface area contributed by atoms with Crippen LogP contribution in [0, 0.1) is 6.92 Å². The highest BCUT2D eigenvalue weighted by Crippen LogP contribution is 2.07. The van der Waals surface area contributed by atoms with Crippen LogP contribution < -0.4 is 0 Å². The molecule has 0 saturated heterocycles. The summed E-state index contributed by atoms with van der Waals surface area (Å²) in [5.41, 5.74) is 1.48. The zero-order valence-electron chi connectivity index (χ0n) is 10.2. The lowest BCUT2D eigenvalue weighted by atomic mass is 10.1. The van der Waals surface area contributed by atoms with E-state index in [-0.39, 0.29) is 6.61 Å². The molecule has 1 aromatic carbocycles. The number of aryl methyl sites for hydroxylation is 1. The van der Waals surface area contributed by atoms with Gasteiger partial charge in [-0.15, -0.1) is 0 Å². The third-order valence-corrected chi connectivity index (χ3v) is 2.19. The van der Waals surface area contributed by atoms with Gasteiger partial charge in [-0.3, -0.25) is 0 Å². The van der Waals surface area contributed by atoms with Gasteiger partial charge in [0.05, 0.1) is 12.2 Å². The van der Waals surface area contributed by atoms with E-state index in [1.807, 2.05) is 19.1 Å². The molecule has 4 heteroatoms. The fourth-order valence-electron chi connectivity index (χ4n) is 1.23. The van der Waals surface area contributed by atoms with E-state index >= 15 is 0 Å². The van der Waals surface area contributed by atoms with Crippen molar-refractivity contribution in [2.75, 3.05) is 6.61 Å². The van der Waals surface area contributed by atoms with E-state index in [9.17, 15) is 9.59 Å². The minimum absolute atomic E-state index is 0.269. The monoisotopic (exact) mass is 236 g/mol. The molecular formula is C13H16O4. The zero-order chi connectivity index (χ0) is 12.8. The van der Waals surface area contributed by atoms with Crippen molar-refractivity contribution < 1.29 is 19.1 Å². The van der Waals surface area contributed by atoms with Crippen LogP contribution in [-0.4, -0.2) is 24.6 Å². The SMILES string of the molecule is CCOC(=O)[C@@H](C)OC(=O)c1ccc(C)cc1. The average molecular weight is 236 g/mol. The van der Waals surface area contributed by atoms with Gasteiger partial charge in [0.1, 0.15) is 0 Å². The first-order valence-electron chi connectivity index (χ1n) is 5.49. The maximum atomic E-state index is 11.6. The molecule has 0 fully saturated rings. The van der Waals surface area contributed by atoms with Gasteiger partial charge in [0, 0.05) is 0 Å². The number of esters is 2. The van der Waals surface area contributed by atoms with Crippen molar-refractivity contribution in [2.24, 2.45) is 0 Å². The normalized spacial score (nSPS) is 11.7. The van der Waals surface area contributed by atoms with E-state index in [2.05, 4.69) is 0 Å². The van der Waals surface area contributed by atoms with Gasteiger partial charge >= 0.3 is 11.9 Å². The Kier molecular flexibility index (Phi) is 4.69. The first kappa shape index (κ1) is 13.2. The fraction of sp³-hybridized carbons (Fsp3) is 0.385. The van der Waals surface area contributed by atoms with Crippen molar-refractivity contribution in [3.63, 3.8) is 0 Å². The second kappa shape index (κ2) is 6.03. The molecule has 0 N–H and O–H groups in total. The Morgan fingerprint density at radius 3 is 2.35 bits per heavy atom. The summed E-state index contributed by atoms with van der Waals surface area (Å²) in [6, 6.07) is 6.95. The molecule has 0 radical (unpaired) electrons. The molecule has 0 aliphatic heterocycles. The molecule has 0 heterocycles. The lowest BCUT2D eigenvalue weighted by Crippen LogP contribution is -2.26. The maximum absolute atomic E-state index is 11.6. The van der Waals surface area contributed by atoms with Crippen LogP contribution in [0.4, 0.5) is 0 Å². The van der Waals surface area contributed by atoms with Crippen molar-refractivity contribution in [2.45, 2.75) is 26.9 Å². The zero-order valence-corrected chi connectivity index (χ0v) is 10.2. The Labute approximate surface area is 101 Å². The van der Waals surface area contributed by atoms with Crippen LogP contribution in [0.3, 0.4) is 0 Å². The highest BCUT2D eigenvalue weighted by molar-refractivity contribution is 5.91. The number of hydrogen-bond acceptors (Lipinski definition) is 4. The van der Waals surface area contributed by atoms with Crippen LogP contribution in [-0.2, 0) is 14.3 Å². The molecule has 1 rings (SSSR count). The Morgan fingerprint density at radius 1 is 1.24 bits per heavy atom. The second-order valence-corrected chi connectivity index (χ2v) is 3.67. The molecule has 92 valence electrons. The molecule has 0 saturated carbocycles. The van der Waals surface area contributed by atoms with Gasteiger partial charge in [-0.2, -0.15) is 0 Å². The van der Waals surface area contributed by atoms with Crippen LogP contribution in [0.1, 0.15) is 29.8 Å². The van der Waals surface area contributed by atoms with Crippen LogP contribution in [0.15, 0.2) is 24.3 Å². The number of carbonyl (C=O) groups excluding carboxylic acids is 2. The van der Waals surface area contributed by atoms with Crippen molar-refractivity contribution in [3.8, 4) is 0 Å². The topological polar surface area (TPSA) is 52.6 Å². The molecule has 0 aliphatic carbocycles. The quantitative estimate of drug-likeness (QED) is 0.751. The predicted octanol–water partition coefficient (Wildman–Crippen LogP) is 2.10. The first-order chi connectivity index (χ1) is 8.04. The Hall–Kier alpha value is -1.84. The summed E-state index contributed by atoms with van der Waals surface area (Å²) in [5, 5.41) is 0. The van der Waals surface area contributed by atoms with Crippen molar-refractivity contribution >= 4 is 11.9 Å². The van der Waals surface area contributed by atoms with Gasteiger partial charge in [-0.25, -0.2) is 9.59 Å². The minimum Gasteiger partial charge on any atom is -0.463 e. The number of ether oxygens (including phenoxy) is 2. The lowest BCUT2D eigenvalue weighted by molar-refractivity contribution is -0.152.